The quantitative estimate of drug-likeness (QED) is 0.778. The molecule has 3 rings (SSSR count). The van der Waals surface area contributed by atoms with Crippen LogP contribution in [0.25, 0.3) is 0 Å². The molecule has 0 saturated carbocycles. The molecule has 1 saturated heterocycles. The first-order valence-corrected chi connectivity index (χ1v) is 9.13. The molecule has 1 heterocycles. The molecule has 2 amide bonds. The maximum atomic E-state index is 12.6. The van der Waals surface area contributed by atoms with Crippen LogP contribution in [0.1, 0.15) is 22.3 Å². The van der Waals surface area contributed by atoms with Crippen LogP contribution in [0.2, 0.25) is 0 Å². The van der Waals surface area contributed by atoms with Crippen molar-refractivity contribution >= 4 is 29.9 Å². The van der Waals surface area contributed by atoms with E-state index in [4.69, 9.17) is 10.5 Å². The van der Waals surface area contributed by atoms with E-state index in [9.17, 15) is 9.59 Å². The minimum atomic E-state index is -0.0709. The maximum Gasteiger partial charge on any atom is 0.256 e. The second-order valence-corrected chi connectivity index (χ2v) is 6.61. The van der Waals surface area contributed by atoms with Gasteiger partial charge >= 0.3 is 0 Å². The molecule has 0 bridgehead atoms. The van der Waals surface area contributed by atoms with Gasteiger partial charge in [-0.25, -0.2) is 0 Å². The zero-order chi connectivity index (χ0) is 19.2. The van der Waals surface area contributed by atoms with Gasteiger partial charge in [0.1, 0.15) is 5.75 Å². The van der Waals surface area contributed by atoms with E-state index < -0.39 is 0 Å². The average Bonchev–Trinajstić information content (AvgIpc) is 2.72. The molecular formula is C21H26ClN3O3. The number of nitrogens with two attached hydrogens (primary N) is 1. The number of methoxy groups -OCH3 is 1. The summed E-state index contributed by atoms with van der Waals surface area (Å²) in [7, 11) is 1.63. The molecule has 7 heteroatoms. The van der Waals surface area contributed by atoms with Crippen LogP contribution in [0.15, 0.2) is 48.5 Å². The molecule has 0 aromatic heterocycles. The minimum Gasteiger partial charge on any atom is -0.497 e. The van der Waals surface area contributed by atoms with E-state index in [1.165, 1.54) is 0 Å². The molecular weight excluding hydrogens is 378 g/mol. The number of amides is 2. The summed E-state index contributed by atoms with van der Waals surface area (Å²) in [5.41, 5.74) is 8.02. The van der Waals surface area contributed by atoms with Crippen LogP contribution in [0, 0.1) is 0 Å². The molecule has 2 aromatic rings. The van der Waals surface area contributed by atoms with Crippen molar-refractivity contribution in [2.24, 2.45) is 0 Å². The molecule has 2 N–H and O–H groups in total. The highest BCUT2D eigenvalue weighted by Gasteiger charge is 2.25. The highest BCUT2D eigenvalue weighted by Crippen LogP contribution is 2.16. The lowest BCUT2D eigenvalue weighted by atomic mass is 10.1. The second-order valence-electron chi connectivity index (χ2n) is 6.61. The van der Waals surface area contributed by atoms with Crippen molar-refractivity contribution in [1.29, 1.82) is 0 Å². The molecule has 2 aromatic carbocycles. The van der Waals surface area contributed by atoms with Crippen molar-refractivity contribution < 1.29 is 14.3 Å². The number of aryl methyl sites for hydroxylation is 1. The SMILES string of the molecule is COc1ccc(CCC(=O)N2CCN(C(=O)c3ccccc3N)CC2)cc1.Cl. The van der Waals surface area contributed by atoms with Gasteiger partial charge in [0, 0.05) is 38.3 Å². The van der Waals surface area contributed by atoms with E-state index in [2.05, 4.69) is 0 Å². The first-order valence-electron chi connectivity index (χ1n) is 9.13. The summed E-state index contributed by atoms with van der Waals surface area (Å²) in [6, 6.07) is 14.9. The van der Waals surface area contributed by atoms with E-state index in [1.54, 1.807) is 24.1 Å². The van der Waals surface area contributed by atoms with Gasteiger partial charge in [0.25, 0.3) is 5.91 Å². The fourth-order valence-corrected chi connectivity index (χ4v) is 3.22. The van der Waals surface area contributed by atoms with Crippen molar-refractivity contribution in [2.45, 2.75) is 12.8 Å². The molecule has 1 aliphatic rings. The van der Waals surface area contributed by atoms with E-state index in [1.807, 2.05) is 41.3 Å². The summed E-state index contributed by atoms with van der Waals surface area (Å²) in [6.45, 7) is 2.17. The monoisotopic (exact) mass is 403 g/mol. The number of piperazine rings is 1. The lowest BCUT2D eigenvalue weighted by molar-refractivity contribution is -0.132. The molecule has 28 heavy (non-hydrogen) atoms. The minimum absolute atomic E-state index is 0. The molecule has 0 radical (unpaired) electrons. The third kappa shape index (κ3) is 5.16. The van der Waals surface area contributed by atoms with Gasteiger partial charge in [0.2, 0.25) is 5.91 Å². The number of rotatable bonds is 5. The smallest absolute Gasteiger partial charge is 0.256 e. The number of carbonyl (C=O) groups excluding carboxylic acids is 2. The maximum absolute atomic E-state index is 12.6. The summed E-state index contributed by atoms with van der Waals surface area (Å²) in [5.74, 6) is 0.862. The molecule has 6 nitrogen and oxygen atoms in total. The van der Waals surface area contributed by atoms with E-state index in [0.717, 1.165) is 11.3 Å². The number of hydrogen-bond acceptors (Lipinski definition) is 4. The van der Waals surface area contributed by atoms with Gasteiger partial charge in [0.15, 0.2) is 0 Å². The highest BCUT2D eigenvalue weighted by molar-refractivity contribution is 5.99. The summed E-state index contributed by atoms with van der Waals surface area (Å²) in [5, 5.41) is 0. The third-order valence-corrected chi connectivity index (χ3v) is 4.90. The molecule has 1 aliphatic heterocycles. The van der Waals surface area contributed by atoms with E-state index in [-0.39, 0.29) is 24.2 Å². The van der Waals surface area contributed by atoms with Crippen molar-refractivity contribution in [3.63, 3.8) is 0 Å². The number of nitrogens with zero attached hydrogens (tertiary/aromatic N) is 2. The van der Waals surface area contributed by atoms with Gasteiger partial charge in [-0.2, -0.15) is 0 Å². The Morgan fingerprint density at radius 3 is 2.18 bits per heavy atom. The topological polar surface area (TPSA) is 75.9 Å². The first kappa shape index (κ1) is 21.6. The Kier molecular flexibility index (Phi) is 7.70. The Morgan fingerprint density at radius 1 is 0.964 bits per heavy atom. The van der Waals surface area contributed by atoms with Crippen molar-refractivity contribution in [3.05, 3.63) is 59.7 Å². The van der Waals surface area contributed by atoms with Gasteiger partial charge in [-0.3, -0.25) is 9.59 Å². The number of halogens is 1. The summed E-state index contributed by atoms with van der Waals surface area (Å²) >= 11 is 0. The lowest BCUT2D eigenvalue weighted by Gasteiger charge is -2.35. The van der Waals surface area contributed by atoms with Crippen LogP contribution in [0.4, 0.5) is 5.69 Å². The fourth-order valence-electron chi connectivity index (χ4n) is 3.22. The average molecular weight is 404 g/mol. The molecule has 0 unspecified atom stereocenters. The van der Waals surface area contributed by atoms with E-state index in [0.29, 0.717) is 50.3 Å². The van der Waals surface area contributed by atoms with Crippen LogP contribution in [0.3, 0.4) is 0 Å². The van der Waals surface area contributed by atoms with Crippen LogP contribution < -0.4 is 10.5 Å². The predicted octanol–water partition coefficient (Wildman–Crippen LogP) is 2.62. The number of benzene rings is 2. The predicted molar refractivity (Wildman–Crippen MR) is 112 cm³/mol. The van der Waals surface area contributed by atoms with Gasteiger partial charge in [0.05, 0.1) is 12.7 Å². The molecule has 1 fully saturated rings. The van der Waals surface area contributed by atoms with Gasteiger partial charge in [-0.1, -0.05) is 24.3 Å². The van der Waals surface area contributed by atoms with Crippen LogP contribution >= 0.6 is 12.4 Å². The fraction of sp³-hybridized carbons (Fsp3) is 0.333. The molecule has 150 valence electrons. The van der Waals surface area contributed by atoms with Gasteiger partial charge in [-0.05, 0) is 36.2 Å². The zero-order valence-electron chi connectivity index (χ0n) is 16.0. The summed E-state index contributed by atoms with van der Waals surface area (Å²) in [4.78, 5) is 28.7. The lowest BCUT2D eigenvalue weighted by Crippen LogP contribution is -2.50. The van der Waals surface area contributed by atoms with Gasteiger partial charge in [-0.15, -0.1) is 12.4 Å². The number of hydrogen-bond donors (Lipinski definition) is 1. The van der Waals surface area contributed by atoms with Crippen LogP contribution in [-0.4, -0.2) is 54.9 Å². The zero-order valence-corrected chi connectivity index (χ0v) is 16.8. The Balaban J connectivity index is 0.00000280. The Morgan fingerprint density at radius 2 is 1.57 bits per heavy atom. The van der Waals surface area contributed by atoms with Crippen molar-refractivity contribution in [1.82, 2.24) is 9.80 Å². The van der Waals surface area contributed by atoms with Crippen molar-refractivity contribution in [2.75, 3.05) is 39.0 Å². The first-order chi connectivity index (χ1) is 13.1. The molecule has 0 aliphatic carbocycles. The standard InChI is InChI=1S/C21H25N3O3.ClH/c1-27-17-9-6-16(7-10-17)8-11-20(25)23-12-14-24(15-13-23)21(26)18-4-2-3-5-19(18)22;/h2-7,9-10H,8,11-15,22H2,1H3;1H. The number of nitrogen functional groups attached to an aromatic ring is 1. The number of carbonyl (C=O) groups is 2. The summed E-state index contributed by atoms with van der Waals surface area (Å²) < 4.78 is 5.14. The largest absolute Gasteiger partial charge is 0.497 e. The van der Waals surface area contributed by atoms with Crippen molar-refractivity contribution in [3.8, 4) is 5.75 Å². The second kappa shape index (κ2) is 9.99. The summed E-state index contributed by atoms with van der Waals surface area (Å²) in [6.07, 6.45) is 1.16. The Hall–Kier alpha value is -2.73. The normalized spacial score (nSPS) is 13.6. The Labute approximate surface area is 171 Å². The van der Waals surface area contributed by atoms with Gasteiger partial charge < -0.3 is 20.3 Å². The number of ether oxygens (including phenoxy) is 1. The Bertz CT molecular complexity index is 803. The van der Waals surface area contributed by atoms with Crippen LogP contribution in [0.5, 0.6) is 5.75 Å². The third-order valence-electron chi connectivity index (χ3n) is 4.90. The highest BCUT2D eigenvalue weighted by atomic mass is 35.5. The number of para-hydroxylation sites is 1. The van der Waals surface area contributed by atoms with Crippen LogP contribution in [-0.2, 0) is 11.2 Å². The molecule has 0 spiro atoms. The molecule has 0 atom stereocenters. The van der Waals surface area contributed by atoms with E-state index >= 15 is 0 Å². The number of anilines is 1.